The highest BCUT2D eigenvalue weighted by Crippen LogP contribution is 2.43. The molecule has 1 atom stereocenters. The Kier molecular flexibility index (Phi) is 6.47. The molecule has 0 bridgehead atoms. The molecule has 1 heterocycles. The minimum Gasteiger partial charge on any atom is -0.463 e. The minimum atomic E-state index is -4.04. The van der Waals surface area contributed by atoms with Gasteiger partial charge in [0.25, 0.3) is 10.0 Å². The molecule has 0 fully saturated rings. The Balaban J connectivity index is 1.98. The lowest BCUT2D eigenvalue weighted by Gasteiger charge is -2.37. The SMILES string of the molecule is CCOC(=O)C1=CC=C(c2ccccc2)N(S(=O)(=O)c2ccc(C)cc2)[C@H]1c1ccccc1. The molecule has 0 amide bonds. The van der Waals surface area contributed by atoms with Crippen molar-refractivity contribution in [3.05, 3.63) is 119 Å². The number of nitrogens with zero attached hydrogens (tertiary/aromatic N) is 1. The van der Waals surface area contributed by atoms with Gasteiger partial charge < -0.3 is 4.74 Å². The van der Waals surface area contributed by atoms with E-state index in [1.165, 1.54) is 4.31 Å². The van der Waals surface area contributed by atoms with E-state index in [2.05, 4.69) is 0 Å². The summed E-state index contributed by atoms with van der Waals surface area (Å²) < 4.78 is 34.8. The van der Waals surface area contributed by atoms with E-state index in [1.807, 2.05) is 67.6 Å². The molecule has 6 heteroatoms. The number of esters is 1. The van der Waals surface area contributed by atoms with Gasteiger partial charge in [0.05, 0.1) is 22.8 Å². The maximum atomic E-state index is 14.1. The van der Waals surface area contributed by atoms with Gasteiger partial charge in [0.1, 0.15) is 6.04 Å². The van der Waals surface area contributed by atoms with Crippen LogP contribution in [0, 0.1) is 6.92 Å². The zero-order chi connectivity index (χ0) is 23.4. The minimum absolute atomic E-state index is 0.154. The highest BCUT2D eigenvalue weighted by atomic mass is 32.2. The van der Waals surface area contributed by atoms with Gasteiger partial charge in [-0.3, -0.25) is 4.31 Å². The molecule has 0 aromatic heterocycles. The lowest BCUT2D eigenvalue weighted by molar-refractivity contribution is -0.139. The van der Waals surface area contributed by atoms with E-state index in [0.29, 0.717) is 11.3 Å². The van der Waals surface area contributed by atoms with Gasteiger partial charge in [-0.25, -0.2) is 13.2 Å². The Bertz CT molecular complexity index is 1300. The molecule has 4 rings (SSSR count). The number of benzene rings is 3. The second kappa shape index (κ2) is 9.46. The number of rotatable bonds is 6. The normalized spacial score (nSPS) is 16.1. The molecule has 0 aliphatic carbocycles. The Morgan fingerprint density at radius 2 is 1.48 bits per heavy atom. The number of allylic oxidation sites excluding steroid dienone is 2. The van der Waals surface area contributed by atoms with E-state index in [0.717, 1.165) is 11.1 Å². The average molecular weight is 460 g/mol. The topological polar surface area (TPSA) is 63.7 Å². The van der Waals surface area contributed by atoms with Crippen molar-refractivity contribution < 1.29 is 17.9 Å². The second-order valence-electron chi connectivity index (χ2n) is 7.69. The molecule has 1 aliphatic heterocycles. The first-order valence-electron chi connectivity index (χ1n) is 10.7. The number of sulfonamides is 1. The monoisotopic (exact) mass is 459 g/mol. The van der Waals surface area contributed by atoms with Gasteiger partial charge in [0.2, 0.25) is 0 Å². The lowest BCUT2D eigenvalue weighted by atomic mass is 9.94. The van der Waals surface area contributed by atoms with Crippen molar-refractivity contribution in [1.29, 1.82) is 0 Å². The van der Waals surface area contributed by atoms with Crippen molar-refractivity contribution in [2.24, 2.45) is 0 Å². The fourth-order valence-corrected chi connectivity index (χ4v) is 5.51. The van der Waals surface area contributed by atoms with Crippen LogP contribution in [-0.4, -0.2) is 25.3 Å². The Labute approximate surface area is 194 Å². The van der Waals surface area contributed by atoms with Crippen molar-refractivity contribution in [3.8, 4) is 0 Å². The molecule has 33 heavy (non-hydrogen) atoms. The van der Waals surface area contributed by atoms with Gasteiger partial charge in [-0.1, -0.05) is 78.4 Å². The smallest absolute Gasteiger partial charge is 0.336 e. The predicted molar refractivity (Wildman–Crippen MR) is 129 cm³/mol. The number of hydrogen-bond donors (Lipinski definition) is 0. The van der Waals surface area contributed by atoms with Crippen molar-refractivity contribution >= 4 is 21.7 Å². The predicted octanol–water partition coefficient (Wildman–Crippen LogP) is 5.27. The first-order chi connectivity index (χ1) is 15.9. The molecular weight excluding hydrogens is 434 g/mol. The largest absolute Gasteiger partial charge is 0.463 e. The number of carbonyl (C=O) groups excluding carboxylic acids is 1. The Morgan fingerprint density at radius 3 is 2.09 bits per heavy atom. The van der Waals surface area contributed by atoms with E-state index in [1.54, 1.807) is 43.3 Å². The maximum Gasteiger partial charge on any atom is 0.336 e. The number of hydrogen-bond acceptors (Lipinski definition) is 4. The van der Waals surface area contributed by atoms with Gasteiger partial charge in [0.15, 0.2) is 0 Å². The molecule has 3 aromatic rings. The highest BCUT2D eigenvalue weighted by Gasteiger charge is 2.41. The van der Waals surface area contributed by atoms with Crippen LogP contribution in [0.25, 0.3) is 5.70 Å². The van der Waals surface area contributed by atoms with Crippen molar-refractivity contribution in [1.82, 2.24) is 4.31 Å². The maximum absolute atomic E-state index is 14.1. The molecule has 0 unspecified atom stereocenters. The van der Waals surface area contributed by atoms with E-state index in [-0.39, 0.29) is 17.1 Å². The third kappa shape index (κ3) is 4.47. The average Bonchev–Trinajstić information content (AvgIpc) is 2.84. The summed E-state index contributed by atoms with van der Waals surface area (Å²) in [5.74, 6) is -0.543. The molecule has 0 N–H and O–H groups in total. The summed E-state index contributed by atoms with van der Waals surface area (Å²) in [6.07, 6.45) is 3.34. The van der Waals surface area contributed by atoms with Crippen LogP contribution in [0.15, 0.2) is 108 Å². The van der Waals surface area contributed by atoms with Crippen LogP contribution in [0.2, 0.25) is 0 Å². The standard InChI is InChI=1S/C27H25NO4S/c1-3-32-27(29)24-18-19-25(21-10-6-4-7-11-21)28(26(24)22-12-8-5-9-13-22)33(30,31)23-16-14-20(2)15-17-23/h4-19,26H,3H2,1-2H3/t26-/m0/s1. The second-order valence-corrected chi connectivity index (χ2v) is 9.50. The lowest BCUT2D eigenvalue weighted by Crippen LogP contribution is -2.38. The van der Waals surface area contributed by atoms with Crippen LogP contribution < -0.4 is 0 Å². The number of aryl methyl sites for hydroxylation is 1. The van der Waals surface area contributed by atoms with Crippen LogP contribution >= 0.6 is 0 Å². The molecule has 0 saturated heterocycles. The highest BCUT2D eigenvalue weighted by molar-refractivity contribution is 7.89. The number of carbonyl (C=O) groups is 1. The van der Waals surface area contributed by atoms with Crippen LogP contribution in [0.3, 0.4) is 0 Å². The third-order valence-electron chi connectivity index (χ3n) is 5.46. The van der Waals surface area contributed by atoms with Crippen LogP contribution in [-0.2, 0) is 19.6 Å². The van der Waals surface area contributed by atoms with E-state index >= 15 is 0 Å². The molecule has 0 spiro atoms. The summed E-state index contributed by atoms with van der Waals surface area (Å²) in [6.45, 7) is 3.82. The summed E-state index contributed by atoms with van der Waals surface area (Å²) in [5.41, 5.74) is 3.11. The van der Waals surface area contributed by atoms with Crippen LogP contribution in [0.1, 0.15) is 29.7 Å². The van der Waals surface area contributed by atoms with Crippen molar-refractivity contribution in [2.75, 3.05) is 6.61 Å². The summed E-state index contributed by atoms with van der Waals surface area (Å²) >= 11 is 0. The molecule has 0 radical (unpaired) electrons. The fourth-order valence-electron chi connectivity index (χ4n) is 3.87. The molecular formula is C27H25NO4S. The summed E-state index contributed by atoms with van der Waals surface area (Å²) in [6, 6.07) is 24.3. The van der Waals surface area contributed by atoms with E-state index in [4.69, 9.17) is 4.74 Å². The molecule has 1 aliphatic rings. The Morgan fingerprint density at radius 1 is 0.879 bits per heavy atom. The first kappa shape index (κ1) is 22.6. The van der Waals surface area contributed by atoms with E-state index in [9.17, 15) is 13.2 Å². The Hall–Kier alpha value is -3.64. The fraction of sp³-hybridized carbons (Fsp3) is 0.148. The third-order valence-corrected chi connectivity index (χ3v) is 7.25. The van der Waals surface area contributed by atoms with Gasteiger partial charge >= 0.3 is 5.97 Å². The molecule has 5 nitrogen and oxygen atoms in total. The molecule has 168 valence electrons. The van der Waals surface area contributed by atoms with Crippen molar-refractivity contribution in [2.45, 2.75) is 24.8 Å². The van der Waals surface area contributed by atoms with Crippen molar-refractivity contribution in [3.63, 3.8) is 0 Å². The van der Waals surface area contributed by atoms with Gasteiger partial charge in [-0.15, -0.1) is 0 Å². The van der Waals surface area contributed by atoms with Gasteiger partial charge in [-0.2, -0.15) is 0 Å². The van der Waals surface area contributed by atoms with Crippen LogP contribution in [0.4, 0.5) is 0 Å². The molecule has 3 aromatic carbocycles. The van der Waals surface area contributed by atoms with E-state index < -0.39 is 22.0 Å². The quantitative estimate of drug-likeness (QED) is 0.471. The first-order valence-corrected chi connectivity index (χ1v) is 12.2. The molecule has 0 saturated carbocycles. The van der Waals surface area contributed by atoms with Gasteiger partial charge in [0, 0.05) is 0 Å². The summed E-state index contributed by atoms with van der Waals surface area (Å²) in [5, 5.41) is 0. The number of ether oxygens (including phenoxy) is 1. The summed E-state index contributed by atoms with van der Waals surface area (Å²) in [4.78, 5) is 13.1. The van der Waals surface area contributed by atoms with Gasteiger partial charge in [-0.05, 0) is 49.3 Å². The summed E-state index contributed by atoms with van der Waals surface area (Å²) in [7, 11) is -4.04. The zero-order valence-corrected chi connectivity index (χ0v) is 19.3. The zero-order valence-electron chi connectivity index (χ0n) is 18.5. The van der Waals surface area contributed by atoms with Crippen LogP contribution in [0.5, 0.6) is 0 Å².